The Morgan fingerprint density at radius 2 is 1.67 bits per heavy atom. The predicted molar refractivity (Wildman–Crippen MR) is 65.1 cm³/mol. The van der Waals surface area contributed by atoms with Gasteiger partial charge >= 0.3 is 11.2 Å². The zero-order valence-corrected chi connectivity index (χ0v) is 12.1. The van der Waals surface area contributed by atoms with Gasteiger partial charge in [0.1, 0.15) is 5.75 Å². The van der Waals surface area contributed by atoms with Gasteiger partial charge in [0, 0.05) is 6.07 Å². The van der Waals surface area contributed by atoms with E-state index in [-0.39, 0.29) is 5.69 Å². The number of ether oxygens (including phenoxy) is 2. The van der Waals surface area contributed by atoms with Crippen LogP contribution in [0.15, 0.2) is 12.1 Å². The van der Waals surface area contributed by atoms with Crippen LogP contribution in [0.5, 0.6) is 11.5 Å². The van der Waals surface area contributed by atoms with E-state index < -0.39 is 15.6 Å². The first-order valence-electron chi connectivity index (χ1n) is 4.76. The summed E-state index contributed by atoms with van der Waals surface area (Å²) in [6.45, 7) is 0. The Kier molecular flexibility index (Phi) is 6.68. The van der Waals surface area contributed by atoms with Gasteiger partial charge in [-0.1, -0.05) is 11.6 Å². The molecule has 0 amide bonds. The second kappa shape index (κ2) is 7.30. The number of nitrogens with zero attached hydrogens (tertiary/aromatic N) is 2. The number of rotatable bonds is 2. The van der Waals surface area contributed by atoms with Gasteiger partial charge in [-0.05, 0) is 0 Å². The SMILES string of the molecule is COc1cc([N+]#N)c(OC)cc1Cl.O=S(=O)([O-])C(F)(F)F. The third kappa shape index (κ3) is 5.62. The first-order valence-corrected chi connectivity index (χ1v) is 6.55. The van der Waals surface area contributed by atoms with E-state index in [0.29, 0.717) is 16.5 Å². The van der Waals surface area contributed by atoms with Gasteiger partial charge in [-0.15, -0.1) is 0 Å². The topological polar surface area (TPSA) is 104 Å². The molecule has 1 aromatic rings. The highest BCUT2D eigenvalue weighted by Crippen LogP contribution is 2.37. The summed E-state index contributed by atoms with van der Waals surface area (Å²) in [5.74, 6) is 0.837. The van der Waals surface area contributed by atoms with E-state index in [1.54, 1.807) is 0 Å². The molecule has 0 aliphatic rings. The Hall–Kier alpha value is -1.77. The average Bonchev–Trinajstić information content (AvgIpc) is 2.36. The predicted octanol–water partition coefficient (Wildman–Crippen LogP) is 2.89. The maximum atomic E-state index is 10.7. The zero-order valence-electron chi connectivity index (χ0n) is 10.5. The Morgan fingerprint density at radius 1 is 1.24 bits per heavy atom. The summed E-state index contributed by atoms with van der Waals surface area (Å²) in [7, 11) is -3.14. The van der Waals surface area contributed by atoms with Crippen molar-refractivity contribution in [3.05, 3.63) is 22.1 Å². The van der Waals surface area contributed by atoms with E-state index in [0.717, 1.165) is 0 Å². The number of hydrogen-bond acceptors (Lipinski definition) is 6. The lowest BCUT2D eigenvalue weighted by molar-refractivity contribution is -0.0517. The summed E-state index contributed by atoms with van der Waals surface area (Å²) in [5.41, 5.74) is -5.36. The number of alkyl halides is 3. The van der Waals surface area contributed by atoms with Crippen molar-refractivity contribution in [3.8, 4) is 11.5 Å². The fourth-order valence-corrected chi connectivity index (χ4v) is 1.15. The van der Waals surface area contributed by atoms with Crippen LogP contribution in [0.2, 0.25) is 5.02 Å². The minimum Gasteiger partial charge on any atom is -0.741 e. The van der Waals surface area contributed by atoms with Crippen LogP contribution < -0.4 is 9.47 Å². The molecule has 0 spiro atoms. The number of halogens is 4. The number of diazo groups is 1. The van der Waals surface area contributed by atoms with E-state index in [4.69, 9.17) is 39.4 Å². The quantitative estimate of drug-likeness (QED) is 0.462. The van der Waals surface area contributed by atoms with Crippen molar-refractivity contribution in [2.75, 3.05) is 14.2 Å². The molecule has 0 saturated carbocycles. The molecule has 0 heterocycles. The van der Waals surface area contributed by atoms with Gasteiger partial charge in [0.25, 0.3) is 0 Å². The molecule has 0 aliphatic heterocycles. The number of benzene rings is 1. The first-order chi connectivity index (χ1) is 9.47. The van der Waals surface area contributed by atoms with Crippen molar-refractivity contribution in [1.29, 1.82) is 5.39 Å². The highest BCUT2D eigenvalue weighted by Gasteiger charge is 2.36. The fourth-order valence-electron chi connectivity index (χ4n) is 0.922. The molecule has 12 heteroatoms. The molecule has 0 bridgehead atoms. The second-order valence-electron chi connectivity index (χ2n) is 3.16. The molecule has 1 rings (SSSR count). The van der Waals surface area contributed by atoms with Crippen LogP contribution >= 0.6 is 11.6 Å². The van der Waals surface area contributed by atoms with E-state index >= 15 is 0 Å². The molecule has 118 valence electrons. The van der Waals surface area contributed by atoms with Gasteiger partial charge in [-0.2, -0.15) is 13.2 Å². The molecule has 0 radical (unpaired) electrons. The van der Waals surface area contributed by atoms with Crippen molar-refractivity contribution in [3.63, 3.8) is 0 Å². The molecule has 0 aromatic heterocycles. The normalized spacial score (nSPS) is 11.0. The maximum Gasteiger partial charge on any atom is 0.485 e. The summed E-state index contributed by atoms with van der Waals surface area (Å²) >= 11 is 5.81. The van der Waals surface area contributed by atoms with Crippen molar-refractivity contribution in [1.82, 2.24) is 0 Å². The van der Waals surface area contributed by atoms with Crippen molar-refractivity contribution in [2.45, 2.75) is 5.51 Å². The second-order valence-corrected chi connectivity index (χ2v) is 4.94. The van der Waals surface area contributed by atoms with Crippen LogP contribution in [0.1, 0.15) is 0 Å². The lowest BCUT2D eigenvalue weighted by atomic mass is 10.3. The Balaban J connectivity index is 0.000000433. The Labute approximate surface area is 122 Å². The molecule has 0 fully saturated rings. The summed E-state index contributed by atoms with van der Waals surface area (Å²) < 4.78 is 68.8. The minimum absolute atomic E-state index is 0.281. The molecular formula is C9H8ClF3N2O5S. The van der Waals surface area contributed by atoms with Crippen LogP contribution in [-0.2, 0) is 10.1 Å². The molecule has 1 aromatic carbocycles. The van der Waals surface area contributed by atoms with Crippen LogP contribution in [0.3, 0.4) is 0 Å². The van der Waals surface area contributed by atoms with Gasteiger partial charge in [0.05, 0.1) is 25.3 Å². The standard InChI is InChI=1S/C8H8ClN2O2.CHF3O3S/c1-12-7-4-6(11-10)8(13-2)3-5(7)9;2-1(3,4)8(5,6)7/h3-4H,1-2H3;(H,5,6,7)/q+1;/p-1. The fraction of sp³-hybridized carbons (Fsp3) is 0.333. The molecule has 0 N–H and O–H groups in total. The maximum absolute atomic E-state index is 10.7. The third-order valence-corrected chi connectivity index (χ3v) is 2.71. The molecule has 21 heavy (non-hydrogen) atoms. The lowest BCUT2D eigenvalue weighted by Crippen LogP contribution is -2.21. The van der Waals surface area contributed by atoms with Crippen LogP contribution in [-0.4, -0.2) is 32.7 Å². The first kappa shape index (κ1) is 19.2. The number of methoxy groups -OCH3 is 2. The van der Waals surface area contributed by atoms with E-state index in [1.165, 1.54) is 26.4 Å². The van der Waals surface area contributed by atoms with E-state index in [2.05, 4.69) is 4.98 Å². The molecule has 0 saturated heterocycles. The van der Waals surface area contributed by atoms with Gasteiger partial charge < -0.3 is 14.0 Å². The van der Waals surface area contributed by atoms with E-state index in [1.807, 2.05) is 0 Å². The molecule has 0 atom stereocenters. The van der Waals surface area contributed by atoms with Crippen molar-refractivity contribution in [2.24, 2.45) is 0 Å². The lowest BCUT2D eigenvalue weighted by Gasteiger charge is -2.08. The summed E-state index contributed by atoms with van der Waals surface area (Å²) in [6.07, 6.45) is 0. The van der Waals surface area contributed by atoms with Crippen LogP contribution in [0, 0.1) is 5.39 Å². The number of hydrogen-bond donors (Lipinski definition) is 0. The molecule has 0 unspecified atom stereocenters. The third-order valence-electron chi connectivity index (χ3n) is 1.84. The average molecular weight is 349 g/mol. The summed E-state index contributed by atoms with van der Waals surface area (Å²) in [6, 6.07) is 3.01. The Morgan fingerprint density at radius 3 is 1.95 bits per heavy atom. The largest absolute Gasteiger partial charge is 0.741 e. The monoisotopic (exact) mass is 348 g/mol. The Bertz CT molecular complexity index is 642. The van der Waals surface area contributed by atoms with Crippen molar-refractivity contribution < 1.29 is 35.6 Å². The van der Waals surface area contributed by atoms with Crippen molar-refractivity contribution >= 4 is 27.4 Å². The molecular weight excluding hydrogens is 341 g/mol. The minimum atomic E-state index is -6.09. The summed E-state index contributed by atoms with van der Waals surface area (Å²) in [4.78, 5) is 3.03. The highest BCUT2D eigenvalue weighted by molar-refractivity contribution is 7.86. The van der Waals surface area contributed by atoms with E-state index in [9.17, 15) is 13.2 Å². The van der Waals surface area contributed by atoms with Crippen LogP contribution in [0.25, 0.3) is 4.98 Å². The summed E-state index contributed by atoms with van der Waals surface area (Å²) in [5, 5.41) is 9.02. The van der Waals surface area contributed by atoms with Crippen LogP contribution in [0.4, 0.5) is 18.9 Å². The highest BCUT2D eigenvalue weighted by atomic mass is 35.5. The smallest absolute Gasteiger partial charge is 0.485 e. The van der Waals surface area contributed by atoms with Gasteiger partial charge in [-0.3, -0.25) is 0 Å². The van der Waals surface area contributed by atoms with Gasteiger partial charge in [-0.25, -0.2) is 8.42 Å². The molecule has 7 nitrogen and oxygen atoms in total. The molecule has 0 aliphatic carbocycles. The van der Waals surface area contributed by atoms with Gasteiger partial charge in [0.2, 0.25) is 11.1 Å². The van der Waals surface area contributed by atoms with Gasteiger partial charge in [0.15, 0.2) is 15.1 Å². The zero-order chi connectivity index (χ0) is 16.8.